The molecule has 2 aliphatic rings. The van der Waals surface area contributed by atoms with Crippen LogP contribution in [0, 0.1) is 0 Å². The lowest BCUT2D eigenvalue weighted by Gasteiger charge is -2.22. The summed E-state index contributed by atoms with van der Waals surface area (Å²) < 4.78 is 0. The van der Waals surface area contributed by atoms with Gasteiger partial charge in [-0.2, -0.15) is 0 Å². The molecule has 1 aromatic rings. The molecule has 2 aliphatic carbocycles. The molecule has 0 saturated heterocycles. The summed E-state index contributed by atoms with van der Waals surface area (Å²) in [6, 6.07) is 10.7. The Morgan fingerprint density at radius 3 is 2.39 bits per heavy atom. The van der Waals surface area contributed by atoms with Gasteiger partial charge in [-0.1, -0.05) is 43.2 Å². The molecule has 2 saturated carbocycles. The maximum Gasteiger partial charge on any atom is 0.191 e. The molecule has 4 heteroatoms. The van der Waals surface area contributed by atoms with E-state index >= 15 is 0 Å². The summed E-state index contributed by atoms with van der Waals surface area (Å²) in [5.74, 6) is 0.829. The standard InChI is InChI=1S/C19H29N3O/c1-2-20-17(22-15-19(23)10-6-7-11-19)21-14-18(12-13-18)16-8-4-3-5-9-16/h3-5,8-9,23H,2,6-7,10-15H2,1H3,(H2,20,21,22). The number of hydrogen-bond donors (Lipinski definition) is 3. The molecule has 0 heterocycles. The van der Waals surface area contributed by atoms with Crippen molar-refractivity contribution in [3.8, 4) is 0 Å². The van der Waals surface area contributed by atoms with E-state index in [1.165, 1.54) is 18.4 Å². The van der Waals surface area contributed by atoms with Crippen LogP contribution < -0.4 is 10.6 Å². The fourth-order valence-electron chi connectivity index (χ4n) is 3.52. The summed E-state index contributed by atoms with van der Waals surface area (Å²) in [5.41, 5.74) is 1.10. The molecule has 0 radical (unpaired) electrons. The molecular weight excluding hydrogens is 286 g/mol. The van der Waals surface area contributed by atoms with E-state index in [9.17, 15) is 5.11 Å². The third-order valence-corrected chi connectivity index (χ3v) is 5.24. The zero-order valence-electron chi connectivity index (χ0n) is 14.1. The van der Waals surface area contributed by atoms with Crippen LogP contribution in [0.2, 0.25) is 0 Å². The smallest absolute Gasteiger partial charge is 0.191 e. The molecule has 0 aliphatic heterocycles. The molecule has 3 N–H and O–H groups in total. The van der Waals surface area contributed by atoms with Crippen LogP contribution in [0.25, 0.3) is 0 Å². The van der Waals surface area contributed by atoms with Gasteiger partial charge in [0, 0.05) is 18.5 Å². The number of nitrogens with zero attached hydrogens (tertiary/aromatic N) is 1. The van der Waals surface area contributed by atoms with Crippen molar-refractivity contribution in [3.05, 3.63) is 35.9 Å². The number of benzene rings is 1. The quantitative estimate of drug-likeness (QED) is 0.559. The fourth-order valence-corrected chi connectivity index (χ4v) is 3.52. The average molecular weight is 315 g/mol. The number of rotatable bonds is 6. The van der Waals surface area contributed by atoms with E-state index in [1.54, 1.807) is 0 Å². The van der Waals surface area contributed by atoms with E-state index in [0.717, 1.165) is 44.7 Å². The zero-order valence-corrected chi connectivity index (χ0v) is 14.1. The van der Waals surface area contributed by atoms with Crippen LogP contribution in [0.15, 0.2) is 35.3 Å². The van der Waals surface area contributed by atoms with Gasteiger partial charge in [0.25, 0.3) is 0 Å². The van der Waals surface area contributed by atoms with E-state index in [1.807, 2.05) is 0 Å². The van der Waals surface area contributed by atoms with Crippen LogP contribution >= 0.6 is 0 Å². The van der Waals surface area contributed by atoms with Gasteiger partial charge in [0.05, 0.1) is 12.1 Å². The van der Waals surface area contributed by atoms with Crippen molar-refractivity contribution in [1.29, 1.82) is 0 Å². The fraction of sp³-hybridized carbons (Fsp3) is 0.632. The van der Waals surface area contributed by atoms with Crippen LogP contribution in [-0.4, -0.2) is 36.3 Å². The molecule has 0 spiro atoms. The summed E-state index contributed by atoms with van der Waals surface area (Å²) in [6.07, 6.45) is 6.45. The predicted molar refractivity (Wildman–Crippen MR) is 94.8 cm³/mol. The third-order valence-electron chi connectivity index (χ3n) is 5.24. The van der Waals surface area contributed by atoms with E-state index < -0.39 is 5.60 Å². The lowest BCUT2D eigenvalue weighted by Crippen LogP contribution is -2.42. The molecule has 0 unspecified atom stereocenters. The van der Waals surface area contributed by atoms with Gasteiger partial charge < -0.3 is 15.7 Å². The largest absolute Gasteiger partial charge is 0.388 e. The first kappa shape index (κ1) is 16.3. The van der Waals surface area contributed by atoms with Crippen LogP contribution in [0.4, 0.5) is 0 Å². The van der Waals surface area contributed by atoms with Gasteiger partial charge in [0.15, 0.2) is 5.96 Å². The summed E-state index contributed by atoms with van der Waals surface area (Å²) in [4.78, 5) is 4.64. The Morgan fingerprint density at radius 2 is 1.78 bits per heavy atom. The summed E-state index contributed by atoms with van der Waals surface area (Å²) in [6.45, 7) is 4.32. The topological polar surface area (TPSA) is 56.7 Å². The third kappa shape index (κ3) is 4.05. The van der Waals surface area contributed by atoms with E-state index in [4.69, 9.17) is 0 Å². The second-order valence-corrected chi connectivity index (χ2v) is 7.13. The monoisotopic (exact) mass is 315 g/mol. The Bertz CT molecular complexity index is 531. The second-order valence-electron chi connectivity index (χ2n) is 7.13. The predicted octanol–water partition coefficient (Wildman–Crippen LogP) is 2.58. The van der Waals surface area contributed by atoms with Gasteiger partial charge in [-0.3, -0.25) is 4.99 Å². The Kier molecular flexibility index (Phi) is 4.90. The van der Waals surface area contributed by atoms with Crippen molar-refractivity contribution in [3.63, 3.8) is 0 Å². The molecule has 126 valence electrons. The van der Waals surface area contributed by atoms with Crippen molar-refractivity contribution < 1.29 is 5.11 Å². The normalized spacial score (nSPS) is 21.9. The maximum absolute atomic E-state index is 10.5. The molecule has 4 nitrogen and oxygen atoms in total. The van der Waals surface area contributed by atoms with Crippen LogP contribution in [-0.2, 0) is 5.41 Å². The van der Waals surface area contributed by atoms with Gasteiger partial charge >= 0.3 is 0 Å². The first-order valence-corrected chi connectivity index (χ1v) is 8.96. The zero-order chi connectivity index (χ0) is 16.2. The van der Waals surface area contributed by atoms with Gasteiger partial charge in [-0.05, 0) is 38.2 Å². The molecule has 3 rings (SSSR count). The van der Waals surface area contributed by atoms with E-state index in [-0.39, 0.29) is 5.41 Å². The summed E-state index contributed by atoms with van der Waals surface area (Å²) in [5, 5.41) is 17.3. The van der Waals surface area contributed by atoms with E-state index in [2.05, 4.69) is 52.9 Å². The highest BCUT2D eigenvalue weighted by Crippen LogP contribution is 2.47. The van der Waals surface area contributed by atoms with Crippen molar-refractivity contribution in [2.75, 3.05) is 19.6 Å². The molecule has 0 aromatic heterocycles. The minimum Gasteiger partial charge on any atom is -0.388 e. The minimum absolute atomic E-state index is 0.266. The lowest BCUT2D eigenvalue weighted by molar-refractivity contribution is 0.0574. The summed E-state index contributed by atoms with van der Waals surface area (Å²) >= 11 is 0. The molecule has 2 fully saturated rings. The Morgan fingerprint density at radius 1 is 1.09 bits per heavy atom. The first-order valence-electron chi connectivity index (χ1n) is 8.96. The van der Waals surface area contributed by atoms with Gasteiger partial charge in [-0.15, -0.1) is 0 Å². The highest BCUT2D eigenvalue weighted by Gasteiger charge is 2.44. The van der Waals surface area contributed by atoms with Crippen molar-refractivity contribution in [2.45, 2.75) is 56.5 Å². The number of nitrogens with one attached hydrogen (secondary N) is 2. The average Bonchev–Trinajstić information content (AvgIpc) is 3.25. The summed E-state index contributed by atoms with van der Waals surface area (Å²) in [7, 11) is 0. The first-order chi connectivity index (χ1) is 11.2. The Labute approximate surface area is 139 Å². The van der Waals surface area contributed by atoms with Crippen molar-refractivity contribution >= 4 is 5.96 Å². The lowest BCUT2D eigenvalue weighted by atomic mass is 9.96. The van der Waals surface area contributed by atoms with Crippen molar-refractivity contribution in [1.82, 2.24) is 10.6 Å². The van der Waals surface area contributed by atoms with Crippen molar-refractivity contribution in [2.24, 2.45) is 4.99 Å². The SMILES string of the molecule is CCNC(=NCC1(O)CCCC1)NCC1(c2ccccc2)CC1. The maximum atomic E-state index is 10.5. The van der Waals surface area contributed by atoms with Crippen LogP contribution in [0.5, 0.6) is 0 Å². The molecule has 1 aromatic carbocycles. The Balaban J connectivity index is 1.59. The number of guanidine groups is 1. The molecule has 0 amide bonds. The molecule has 0 atom stereocenters. The molecular formula is C19H29N3O. The van der Waals surface area contributed by atoms with Crippen LogP contribution in [0.3, 0.4) is 0 Å². The number of aliphatic imine (C=N–C) groups is 1. The Hall–Kier alpha value is -1.55. The number of aliphatic hydroxyl groups is 1. The highest BCUT2D eigenvalue weighted by atomic mass is 16.3. The minimum atomic E-state index is -0.584. The highest BCUT2D eigenvalue weighted by molar-refractivity contribution is 5.80. The molecule has 0 bridgehead atoms. The second kappa shape index (κ2) is 6.91. The number of hydrogen-bond acceptors (Lipinski definition) is 2. The van der Waals surface area contributed by atoms with Gasteiger partial charge in [0.2, 0.25) is 0 Å². The molecule has 23 heavy (non-hydrogen) atoms. The van der Waals surface area contributed by atoms with Gasteiger partial charge in [0.1, 0.15) is 0 Å². The van der Waals surface area contributed by atoms with Crippen LogP contribution in [0.1, 0.15) is 51.0 Å². The van der Waals surface area contributed by atoms with Gasteiger partial charge in [-0.25, -0.2) is 0 Å². The van der Waals surface area contributed by atoms with E-state index in [0.29, 0.717) is 6.54 Å².